The number of aromatic nitrogens is 2. The molecular formula is C14H14ClFN4O4. The summed E-state index contributed by atoms with van der Waals surface area (Å²) in [4.78, 5) is 38.7. The van der Waals surface area contributed by atoms with Gasteiger partial charge in [0, 0.05) is 6.07 Å². The third-order valence-electron chi connectivity index (χ3n) is 2.97. The lowest BCUT2D eigenvalue weighted by atomic mass is 10.3. The van der Waals surface area contributed by atoms with Crippen LogP contribution in [0.25, 0.3) is 0 Å². The molecule has 0 radical (unpaired) electrons. The minimum absolute atomic E-state index is 0.0256. The minimum atomic E-state index is -0.862. The molecule has 0 unspecified atom stereocenters. The van der Waals surface area contributed by atoms with Crippen LogP contribution >= 0.6 is 11.6 Å². The fraction of sp³-hybridized carbons (Fsp3) is 0.214. The number of halogens is 2. The summed E-state index contributed by atoms with van der Waals surface area (Å²) in [5.41, 5.74) is 2.99. The van der Waals surface area contributed by atoms with Crippen molar-refractivity contribution in [3.63, 3.8) is 0 Å². The van der Waals surface area contributed by atoms with E-state index < -0.39 is 34.7 Å². The number of carbonyl (C=O) groups excluding carboxylic acids is 1. The van der Waals surface area contributed by atoms with Crippen LogP contribution in [0.5, 0.6) is 5.75 Å². The average molecular weight is 357 g/mol. The maximum Gasteiger partial charge on any atom is 0.326 e. The van der Waals surface area contributed by atoms with Gasteiger partial charge in [-0.2, -0.15) is 0 Å². The molecule has 2 rings (SSSR count). The molecule has 1 aromatic heterocycles. The van der Waals surface area contributed by atoms with E-state index in [0.717, 1.165) is 6.07 Å². The molecule has 1 atom stereocenters. The molecule has 10 heteroatoms. The van der Waals surface area contributed by atoms with Crippen molar-refractivity contribution in [2.45, 2.75) is 13.0 Å². The highest BCUT2D eigenvalue weighted by Crippen LogP contribution is 2.24. The quantitative estimate of drug-likeness (QED) is 0.624. The summed E-state index contributed by atoms with van der Waals surface area (Å²) >= 11 is 5.86. The van der Waals surface area contributed by atoms with Crippen molar-refractivity contribution in [1.29, 1.82) is 0 Å². The number of H-pyrrole nitrogens is 2. The number of hydrogen-bond donors (Lipinski definition) is 4. The van der Waals surface area contributed by atoms with Gasteiger partial charge in [0.05, 0.1) is 11.1 Å². The number of ether oxygens (including phenoxy) is 1. The fourth-order valence-electron chi connectivity index (χ4n) is 1.82. The first-order chi connectivity index (χ1) is 11.3. The Morgan fingerprint density at radius 2 is 2.12 bits per heavy atom. The van der Waals surface area contributed by atoms with Gasteiger partial charge in [0.15, 0.2) is 0 Å². The van der Waals surface area contributed by atoms with Gasteiger partial charge in [-0.1, -0.05) is 11.6 Å². The zero-order chi connectivity index (χ0) is 17.9. The van der Waals surface area contributed by atoms with Crippen LogP contribution in [0.15, 0.2) is 27.8 Å². The highest BCUT2D eigenvalue weighted by molar-refractivity contribution is 6.32. The number of aromatic amines is 2. The topological polar surface area (TPSA) is 130 Å². The summed E-state index contributed by atoms with van der Waals surface area (Å²) < 4.78 is 18.5. The van der Waals surface area contributed by atoms with E-state index in [1.165, 1.54) is 12.1 Å². The van der Waals surface area contributed by atoms with Crippen LogP contribution in [0, 0.1) is 5.82 Å². The van der Waals surface area contributed by atoms with Gasteiger partial charge < -0.3 is 20.8 Å². The van der Waals surface area contributed by atoms with Gasteiger partial charge in [-0.25, -0.2) is 9.18 Å². The second-order valence-electron chi connectivity index (χ2n) is 4.96. The second-order valence-corrected chi connectivity index (χ2v) is 5.36. The van der Waals surface area contributed by atoms with Crippen LogP contribution in [-0.2, 0) is 0 Å². The van der Waals surface area contributed by atoms with Crippen molar-refractivity contribution >= 4 is 23.2 Å². The van der Waals surface area contributed by atoms with E-state index in [-0.39, 0.29) is 23.1 Å². The Labute approximate surface area is 139 Å². The highest BCUT2D eigenvalue weighted by atomic mass is 35.5. The monoisotopic (exact) mass is 356 g/mol. The summed E-state index contributed by atoms with van der Waals surface area (Å²) in [6, 6.07) is 3.10. The maximum atomic E-state index is 13.1. The largest absolute Gasteiger partial charge is 0.490 e. The molecular weight excluding hydrogens is 343 g/mol. The van der Waals surface area contributed by atoms with Gasteiger partial charge >= 0.3 is 5.69 Å². The Morgan fingerprint density at radius 1 is 1.42 bits per heavy atom. The molecule has 1 aromatic carbocycles. The lowest BCUT2D eigenvalue weighted by molar-refractivity contribution is 0.0922. The molecule has 0 bridgehead atoms. The van der Waals surface area contributed by atoms with Crippen molar-refractivity contribution in [3.05, 3.63) is 55.6 Å². The van der Waals surface area contributed by atoms with Crippen LogP contribution in [-0.4, -0.2) is 28.5 Å². The van der Waals surface area contributed by atoms with Crippen LogP contribution in [0.1, 0.15) is 17.4 Å². The molecule has 0 saturated heterocycles. The summed E-state index contributed by atoms with van der Waals surface area (Å²) in [6.45, 7) is 1.58. The zero-order valence-corrected chi connectivity index (χ0v) is 13.2. The number of carbonyl (C=O) groups is 1. The molecule has 0 aliphatic heterocycles. The summed E-state index contributed by atoms with van der Waals surface area (Å²) in [7, 11) is 0. The normalized spacial score (nSPS) is 11.8. The van der Waals surface area contributed by atoms with Gasteiger partial charge in [0.2, 0.25) is 0 Å². The molecule has 0 spiro atoms. The summed E-state index contributed by atoms with van der Waals surface area (Å²) in [6.07, 6.45) is 0. The van der Waals surface area contributed by atoms with Crippen molar-refractivity contribution in [2.75, 3.05) is 12.3 Å². The molecule has 128 valence electrons. The number of hydrogen-bond acceptors (Lipinski definition) is 5. The van der Waals surface area contributed by atoms with Gasteiger partial charge in [-0.3, -0.25) is 14.6 Å². The average Bonchev–Trinajstić information content (AvgIpc) is 2.51. The van der Waals surface area contributed by atoms with Gasteiger partial charge in [-0.05, 0) is 19.1 Å². The third-order valence-corrected chi connectivity index (χ3v) is 3.28. The van der Waals surface area contributed by atoms with E-state index >= 15 is 0 Å². The number of nitrogens with one attached hydrogen (secondary N) is 3. The number of amides is 1. The van der Waals surface area contributed by atoms with E-state index in [4.69, 9.17) is 22.1 Å². The van der Waals surface area contributed by atoms with Crippen molar-refractivity contribution < 1.29 is 13.9 Å². The van der Waals surface area contributed by atoms with Crippen LogP contribution < -0.4 is 27.0 Å². The number of nitrogen functional groups attached to an aromatic ring is 1. The highest BCUT2D eigenvalue weighted by Gasteiger charge is 2.17. The fourth-order valence-corrected chi connectivity index (χ4v) is 1.99. The lowest BCUT2D eigenvalue weighted by Crippen LogP contribution is -2.40. The molecule has 1 amide bonds. The molecule has 5 N–H and O–H groups in total. The Bertz CT molecular complexity index is 880. The first-order valence-electron chi connectivity index (χ1n) is 6.78. The Kier molecular flexibility index (Phi) is 5.24. The summed E-state index contributed by atoms with van der Waals surface area (Å²) in [5, 5.41) is 2.71. The first kappa shape index (κ1) is 17.5. The summed E-state index contributed by atoms with van der Waals surface area (Å²) in [5.74, 6) is -1.14. The first-order valence-corrected chi connectivity index (χ1v) is 7.16. The van der Waals surface area contributed by atoms with Crippen molar-refractivity contribution in [2.24, 2.45) is 0 Å². The van der Waals surface area contributed by atoms with E-state index in [1.54, 1.807) is 6.92 Å². The van der Waals surface area contributed by atoms with E-state index in [0.29, 0.717) is 0 Å². The van der Waals surface area contributed by atoms with Crippen molar-refractivity contribution in [1.82, 2.24) is 15.3 Å². The molecule has 0 saturated carbocycles. The van der Waals surface area contributed by atoms with E-state index in [2.05, 4.69) is 10.3 Å². The van der Waals surface area contributed by atoms with Crippen LogP contribution in [0.2, 0.25) is 5.02 Å². The Hall–Kier alpha value is -2.81. The van der Waals surface area contributed by atoms with Gasteiger partial charge in [0.1, 0.15) is 29.6 Å². The smallest absolute Gasteiger partial charge is 0.326 e. The Balaban J connectivity index is 2.03. The Morgan fingerprint density at radius 3 is 2.83 bits per heavy atom. The molecule has 8 nitrogen and oxygen atoms in total. The van der Waals surface area contributed by atoms with E-state index in [9.17, 15) is 18.8 Å². The molecule has 0 aliphatic rings. The number of nitrogens with two attached hydrogens (primary N) is 1. The number of benzene rings is 1. The second kappa shape index (κ2) is 7.18. The molecule has 24 heavy (non-hydrogen) atoms. The van der Waals surface area contributed by atoms with Crippen LogP contribution in [0.4, 0.5) is 10.1 Å². The lowest BCUT2D eigenvalue weighted by Gasteiger charge is -2.16. The zero-order valence-electron chi connectivity index (χ0n) is 12.5. The molecule has 0 aliphatic carbocycles. The van der Waals surface area contributed by atoms with Gasteiger partial charge in [-0.15, -0.1) is 0 Å². The molecule has 1 heterocycles. The van der Waals surface area contributed by atoms with Crippen LogP contribution in [0.3, 0.4) is 0 Å². The maximum absolute atomic E-state index is 13.1. The molecule has 2 aromatic rings. The number of anilines is 1. The standard InChI is InChI=1S/C14H14ClFN4O4/c1-6(5-24-9-4-7(16)2-3-8(9)15)18-13(22)11-10(17)12(21)20-14(23)19-11/h2-4,6H,5,17H2,1H3,(H,18,22)(H2,19,20,21,23)/t6-/m1/s1. The van der Waals surface area contributed by atoms with Gasteiger partial charge in [0.25, 0.3) is 11.5 Å². The predicted molar refractivity (Wildman–Crippen MR) is 85.9 cm³/mol. The van der Waals surface area contributed by atoms with E-state index in [1.807, 2.05) is 4.98 Å². The van der Waals surface area contributed by atoms with Crippen molar-refractivity contribution in [3.8, 4) is 5.75 Å². The number of rotatable bonds is 5. The SMILES string of the molecule is C[C@H](COc1cc(F)ccc1Cl)NC(=O)c1[nH]c(=O)[nH]c(=O)c1N. The predicted octanol–water partition coefficient (Wildman–Crippen LogP) is 0.635. The molecule has 0 fully saturated rings. The minimum Gasteiger partial charge on any atom is -0.490 e. The third kappa shape index (κ3) is 4.13.